The molecule has 2 rings (SSSR count). The van der Waals surface area contributed by atoms with E-state index in [0.717, 1.165) is 6.42 Å². The van der Waals surface area contributed by atoms with Crippen molar-refractivity contribution in [3.63, 3.8) is 0 Å². The van der Waals surface area contributed by atoms with Crippen molar-refractivity contribution in [2.75, 3.05) is 5.32 Å². The summed E-state index contributed by atoms with van der Waals surface area (Å²) in [6.07, 6.45) is 1.38. The van der Waals surface area contributed by atoms with Crippen LogP contribution in [0.3, 0.4) is 0 Å². The predicted molar refractivity (Wildman–Crippen MR) is 98.6 cm³/mol. The molecular formula is C18H22N4O5. The third-order valence-electron chi connectivity index (χ3n) is 4.21. The van der Waals surface area contributed by atoms with Gasteiger partial charge in [-0.15, -0.1) is 0 Å². The van der Waals surface area contributed by atoms with Crippen LogP contribution in [-0.2, 0) is 9.53 Å². The molecule has 0 bridgehead atoms. The number of ether oxygens (including phenoxy) is 1. The molecule has 0 radical (unpaired) electrons. The maximum atomic E-state index is 12.3. The molecule has 9 heteroatoms. The van der Waals surface area contributed by atoms with Crippen molar-refractivity contribution in [3.8, 4) is 0 Å². The third kappa shape index (κ3) is 4.69. The average Bonchev–Trinajstić information content (AvgIpc) is 3.08. The van der Waals surface area contributed by atoms with Crippen LogP contribution < -0.4 is 5.32 Å². The number of nitro groups is 1. The third-order valence-corrected chi connectivity index (χ3v) is 4.21. The van der Waals surface area contributed by atoms with E-state index in [1.807, 2.05) is 13.8 Å². The molecule has 0 unspecified atom stereocenters. The number of benzene rings is 1. The molecule has 0 spiro atoms. The van der Waals surface area contributed by atoms with Crippen molar-refractivity contribution in [1.29, 1.82) is 0 Å². The maximum Gasteiger partial charge on any atom is 0.338 e. The van der Waals surface area contributed by atoms with Crippen molar-refractivity contribution in [2.24, 2.45) is 0 Å². The van der Waals surface area contributed by atoms with Crippen molar-refractivity contribution in [3.05, 3.63) is 51.7 Å². The molecule has 144 valence electrons. The fourth-order valence-electron chi connectivity index (χ4n) is 2.43. The highest BCUT2D eigenvalue weighted by Crippen LogP contribution is 2.20. The summed E-state index contributed by atoms with van der Waals surface area (Å²) in [5.74, 6) is -0.707. The topological polar surface area (TPSA) is 116 Å². The van der Waals surface area contributed by atoms with E-state index in [1.165, 1.54) is 32.0 Å². The van der Waals surface area contributed by atoms with Gasteiger partial charge in [0.15, 0.2) is 6.10 Å². The molecule has 1 amide bonds. The minimum absolute atomic E-state index is 0.0874. The number of anilines is 1. The van der Waals surface area contributed by atoms with Gasteiger partial charge in [0.25, 0.3) is 11.6 Å². The number of esters is 1. The van der Waals surface area contributed by atoms with Gasteiger partial charge in [-0.2, -0.15) is 5.10 Å². The number of nitro benzene ring substituents is 1. The van der Waals surface area contributed by atoms with Gasteiger partial charge in [-0.3, -0.25) is 14.9 Å². The fourth-order valence-corrected chi connectivity index (χ4v) is 2.43. The quantitative estimate of drug-likeness (QED) is 0.452. The van der Waals surface area contributed by atoms with Crippen molar-refractivity contribution in [2.45, 2.75) is 46.3 Å². The molecule has 0 saturated carbocycles. The van der Waals surface area contributed by atoms with Crippen molar-refractivity contribution >= 4 is 23.4 Å². The zero-order valence-electron chi connectivity index (χ0n) is 15.6. The van der Waals surface area contributed by atoms with E-state index in [1.54, 1.807) is 16.9 Å². The second kappa shape index (κ2) is 8.43. The van der Waals surface area contributed by atoms with E-state index in [4.69, 9.17) is 4.74 Å². The monoisotopic (exact) mass is 374 g/mol. The predicted octanol–water partition coefficient (Wildman–Crippen LogP) is 3.25. The molecule has 0 fully saturated rings. The Hall–Kier alpha value is -3.23. The largest absolute Gasteiger partial charge is 0.449 e. The van der Waals surface area contributed by atoms with Gasteiger partial charge in [0.1, 0.15) is 5.82 Å². The summed E-state index contributed by atoms with van der Waals surface area (Å²) in [7, 11) is 0. The number of hydrogen-bond acceptors (Lipinski definition) is 6. The standard InChI is InChI=1S/C18H22N4O5/c1-5-12(3)21-16(8-9-19-21)20-17(23)13(4)27-18(24)14-6-7-15(22(25)26)11(2)10-14/h6-10,12-13H,5H2,1-4H3,(H,20,23)/t12-,13+/m0/s1. The Bertz CT molecular complexity index is 861. The number of rotatable bonds is 7. The maximum absolute atomic E-state index is 12.3. The van der Waals surface area contributed by atoms with Gasteiger partial charge < -0.3 is 10.1 Å². The van der Waals surface area contributed by atoms with Gasteiger partial charge in [0.05, 0.1) is 22.7 Å². The zero-order chi connectivity index (χ0) is 20.1. The molecule has 2 aromatic rings. The number of nitrogens with one attached hydrogen (secondary N) is 1. The van der Waals surface area contributed by atoms with E-state index in [9.17, 15) is 19.7 Å². The lowest BCUT2D eigenvalue weighted by Crippen LogP contribution is -2.31. The molecule has 2 atom stereocenters. The number of aryl methyl sites for hydroxylation is 1. The first-order valence-corrected chi connectivity index (χ1v) is 8.55. The normalized spacial score (nSPS) is 12.9. The Balaban J connectivity index is 2.04. The Morgan fingerprint density at radius 3 is 2.63 bits per heavy atom. The van der Waals surface area contributed by atoms with Gasteiger partial charge >= 0.3 is 5.97 Å². The van der Waals surface area contributed by atoms with E-state index in [-0.39, 0.29) is 17.3 Å². The summed E-state index contributed by atoms with van der Waals surface area (Å²) in [5, 5.41) is 17.7. The smallest absolute Gasteiger partial charge is 0.338 e. The Morgan fingerprint density at radius 1 is 1.33 bits per heavy atom. The summed E-state index contributed by atoms with van der Waals surface area (Å²) in [6, 6.07) is 5.68. The SMILES string of the molecule is CC[C@H](C)n1nccc1NC(=O)[C@@H](C)OC(=O)c1ccc([N+](=O)[O-])c(C)c1. The minimum Gasteiger partial charge on any atom is -0.449 e. The minimum atomic E-state index is -1.05. The Kier molecular flexibility index (Phi) is 6.27. The zero-order valence-corrected chi connectivity index (χ0v) is 15.6. The Labute approximate surface area is 156 Å². The lowest BCUT2D eigenvalue weighted by Gasteiger charge is -2.17. The van der Waals surface area contributed by atoms with Gasteiger partial charge in [-0.25, -0.2) is 9.48 Å². The first-order valence-electron chi connectivity index (χ1n) is 8.55. The van der Waals surface area contributed by atoms with E-state index < -0.39 is 22.9 Å². The van der Waals surface area contributed by atoms with Crippen LogP contribution in [0, 0.1) is 17.0 Å². The lowest BCUT2D eigenvalue weighted by molar-refractivity contribution is -0.385. The summed E-state index contributed by atoms with van der Waals surface area (Å²) in [6.45, 7) is 6.97. The van der Waals surface area contributed by atoms with Crippen molar-refractivity contribution < 1.29 is 19.2 Å². The first-order chi connectivity index (χ1) is 12.7. The number of aromatic nitrogens is 2. The molecule has 27 heavy (non-hydrogen) atoms. The van der Waals surface area contributed by atoms with Crippen LogP contribution in [0.5, 0.6) is 0 Å². The molecule has 0 aliphatic carbocycles. The van der Waals surface area contributed by atoms with Gasteiger partial charge in [-0.1, -0.05) is 6.92 Å². The van der Waals surface area contributed by atoms with E-state index in [0.29, 0.717) is 11.4 Å². The van der Waals surface area contributed by atoms with Crippen LogP contribution in [0.4, 0.5) is 11.5 Å². The molecule has 1 heterocycles. The number of carbonyl (C=O) groups is 2. The summed E-state index contributed by atoms with van der Waals surface area (Å²) >= 11 is 0. The molecule has 1 aromatic heterocycles. The van der Waals surface area contributed by atoms with E-state index >= 15 is 0 Å². The van der Waals surface area contributed by atoms with Crippen LogP contribution in [0.1, 0.15) is 49.2 Å². The molecule has 1 N–H and O–H groups in total. The summed E-state index contributed by atoms with van der Waals surface area (Å²) in [5.41, 5.74) is 0.391. The molecule has 1 aromatic carbocycles. The number of amides is 1. The summed E-state index contributed by atoms with van der Waals surface area (Å²) < 4.78 is 6.87. The molecular weight excluding hydrogens is 352 g/mol. The highest BCUT2D eigenvalue weighted by Gasteiger charge is 2.22. The molecule has 9 nitrogen and oxygen atoms in total. The van der Waals surface area contributed by atoms with Crippen LogP contribution in [-0.4, -0.2) is 32.7 Å². The Morgan fingerprint density at radius 2 is 2.04 bits per heavy atom. The second-order valence-corrected chi connectivity index (χ2v) is 6.21. The van der Waals surface area contributed by atoms with Crippen LogP contribution in [0.2, 0.25) is 0 Å². The van der Waals surface area contributed by atoms with E-state index in [2.05, 4.69) is 10.4 Å². The second-order valence-electron chi connectivity index (χ2n) is 6.21. The lowest BCUT2D eigenvalue weighted by atomic mass is 10.1. The van der Waals surface area contributed by atoms with Crippen LogP contribution in [0.25, 0.3) is 0 Å². The van der Waals surface area contributed by atoms with Crippen LogP contribution in [0.15, 0.2) is 30.5 Å². The molecule has 0 aliphatic heterocycles. The highest BCUT2D eigenvalue weighted by atomic mass is 16.6. The van der Waals surface area contributed by atoms with Crippen molar-refractivity contribution in [1.82, 2.24) is 9.78 Å². The molecule has 0 aliphatic rings. The number of hydrogen-bond donors (Lipinski definition) is 1. The first kappa shape index (κ1) is 20.1. The summed E-state index contributed by atoms with van der Waals surface area (Å²) in [4.78, 5) is 34.9. The number of carbonyl (C=O) groups excluding carboxylic acids is 2. The fraction of sp³-hybridized carbons (Fsp3) is 0.389. The van der Waals surface area contributed by atoms with Gasteiger partial charge in [0.2, 0.25) is 0 Å². The van der Waals surface area contributed by atoms with Gasteiger partial charge in [-0.05, 0) is 39.3 Å². The van der Waals surface area contributed by atoms with Crippen LogP contribution >= 0.6 is 0 Å². The molecule has 0 saturated heterocycles. The highest BCUT2D eigenvalue weighted by molar-refractivity contribution is 5.97. The van der Waals surface area contributed by atoms with Gasteiger partial charge in [0, 0.05) is 17.7 Å². The number of nitrogens with zero attached hydrogens (tertiary/aromatic N) is 3. The average molecular weight is 374 g/mol.